The molecular weight excluding hydrogens is 324 g/mol. The van der Waals surface area contributed by atoms with Crippen molar-refractivity contribution in [3.63, 3.8) is 0 Å². The molecule has 1 aromatic carbocycles. The van der Waals surface area contributed by atoms with Gasteiger partial charge in [0.25, 0.3) is 0 Å². The summed E-state index contributed by atoms with van der Waals surface area (Å²) in [7, 11) is -3.54. The van der Waals surface area contributed by atoms with Crippen molar-refractivity contribution >= 4 is 15.7 Å². The van der Waals surface area contributed by atoms with E-state index in [2.05, 4.69) is 20.0 Å². The van der Waals surface area contributed by atoms with E-state index in [-0.39, 0.29) is 11.1 Å². The number of anilines is 1. The van der Waals surface area contributed by atoms with E-state index >= 15 is 0 Å². The fourth-order valence-corrected chi connectivity index (χ4v) is 4.97. The summed E-state index contributed by atoms with van der Waals surface area (Å²) < 4.78 is 28.3. The SMILES string of the molecule is O=S1(=O)NC(C2CCCCC2)Nc2ccc(-c3ncccn3)cc21. The minimum atomic E-state index is -3.54. The highest BCUT2D eigenvalue weighted by Gasteiger charge is 2.34. The minimum absolute atomic E-state index is 0.221. The van der Waals surface area contributed by atoms with Gasteiger partial charge in [0.05, 0.1) is 11.9 Å². The number of rotatable bonds is 2. The molecule has 0 spiro atoms. The van der Waals surface area contributed by atoms with Crippen molar-refractivity contribution in [2.24, 2.45) is 5.92 Å². The lowest BCUT2D eigenvalue weighted by atomic mass is 9.87. The van der Waals surface area contributed by atoms with Gasteiger partial charge in [-0.05, 0) is 43.0 Å². The predicted octanol–water partition coefficient (Wildman–Crippen LogP) is 2.75. The Morgan fingerprint density at radius 3 is 2.54 bits per heavy atom. The predicted molar refractivity (Wildman–Crippen MR) is 91.8 cm³/mol. The second kappa shape index (κ2) is 6.14. The summed E-state index contributed by atoms with van der Waals surface area (Å²) in [6.07, 6.45) is 8.77. The smallest absolute Gasteiger partial charge is 0.244 e. The van der Waals surface area contributed by atoms with Crippen LogP contribution in [0.3, 0.4) is 0 Å². The van der Waals surface area contributed by atoms with Gasteiger partial charge in [-0.3, -0.25) is 0 Å². The largest absolute Gasteiger partial charge is 0.368 e. The highest BCUT2D eigenvalue weighted by atomic mass is 32.2. The van der Waals surface area contributed by atoms with Crippen molar-refractivity contribution in [3.05, 3.63) is 36.7 Å². The lowest BCUT2D eigenvalue weighted by molar-refractivity contribution is 0.306. The number of hydrogen-bond donors (Lipinski definition) is 2. The summed E-state index contributed by atoms with van der Waals surface area (Å²) in [6.45, 7) is 0. The molecule has 0 bridgehead atoms. The van der Waals surface area contributed by atoms with E-state index in [9.17, 15) is 8.42 Å². The van der Waals surface area contributed by atoms with Crippen molar-refractivity contribution in [2.75, 3.05) is 5.32 Å². The molecule has 1 aliphatic carbocycles. The molecule has 1 unspecified atom stereocenters. The molecule has 126 valence electrons. The Bertz CT molecular complexity index is 833. The molecule has 2 aliphatic rings. The van der Waals surface area contributed by atoms with Crippen molar-refractivity contribution in [3.8, 4) is 11.4 Å². The third-order valence-corrected chi connectivity index (χ3v) is 6.29. The van der Waals surface area contributed by atoms with Gasteiger partial charge in [0.2, 0.25) is 10.0 Å². The van der Waals surface area contributed by atoms with E-state index in [1.807, 2.05) is 12.1 Å². The van der Waals surface area contributed by atoms with E-state index in [1.54, 1.807) is 24.5 Å². The van der Waals surface area contributed by atoms with E-state index in [4.69, 9.17) is 0 Å². The average Bonchev–Trinajstić information content (AvgIpc) is 2.62. The maximum absolute atomic E-state index is 12.7. The number of benzene rings is 1. The van der Waals surface area contributed by atoms with Crippen LogP contribution in [0.2, 0.25) is 0 Å². The molecule has 2 N–H and O–H groups in total. The molecule has 1 saturated carbocycles. The summed E-state index contributed by atoms with van der Waals surface area (Å²) in [4.78, 5) is 8.64. The normalized spacial score (nSPS) is 23.2. The zero-order chi connectivity index (χ0) is 16.6. The van der Waals surface area contributed by atoms with Crippen molar-refractivity contribution in [1.29, 1.82) is 0 Å². The highest BCUT2D eigenvalue weighted by molar-refractivity contribution is 7.89. The first-order valence-electron chi connectivity index (χ1n) is 8.34. The molecule has 4 rings (SSSR count). The fraction of sp³-hybridized carbons (Fsp3) is 0.412. The number of fused-ring (bicyclic) bond motifs is 1. The Balaban J connectivity index is 1.68. The highest BCUT2D eigenvalue weighted by Crippen LogP contribution is 2.34. The van der Waals surface area contributed by atoms with Gasteiger partial charge in [0.15, 0.2) is 5.82 Å². The second-order valence-corrected chi connectivity index (χ2v) is 8.11. The summed E-state index contributed by atoms with van der Waals surface area (Å²) in [6, 6.07) is 7.04. The third kappa shape index (κ3) is 2.89. The Hall–Kier alpha value is -1.99. The van der Waals surface area contributed by atoms with Gasteiger partial charge in [-0.2, -0.15) is 4.72 Å². The Kier molecular flexibility index (Phi) is 3.97. The van der Waals surface area contributed by atoms with Gasteiger partial charge >= 0.3 is 0 Å². The lowest BCUT2D eigenvalue weighted by Crippen LogP contribution is -2.49. The first-order chi connectivity index (χ1) is 11.6. The standard InChI is InChI=1S/C17H20N4O2S/c22-24(23)15-11-13(16-18-9-4-10-19-16)7-8-14(15)20-17(21-24)12-5-2-1-3-6-12/h4,7-12,17,20-21H,1-3,5-6H2. The van der Waals surface area contributed by atoms with Gasteiger partial charge in [0.1, 0.15) is 4.90 Å². The second-order valence-electron chi connectivity index (χ2n) is 6.42. The monoisotopic (exact) mass is 344 g/mol. The molecule has 2 heterocycles. The molecule has 6 nitrogen and oxygen atoms in total. The summed E-state index contributed by atoms with van der Waals surface area (Å²) >= 11 is 0. The van der Waals surface area contributed by atoms with E-state index < -0.39 is 10.0 Å². The molecule has 1 aliphatic heterocycles. The molecule has 2 aromatic rings. The molecule has 1 atom stereocenters. The zero-order valence-electron chi connectivity index (χ0n) is 13.3. The van der Waals surface area contributed by atoms with Crippen LogP contribution in [0.25, 0.3) is 11.4 Å². The van der Waals surface area contributed by atoms with Crippen LogP contribution in [0.15, 0.2) is 41.6 Å². The van der Waals surface area contributed by atoms with Crippen molar-refractivity contribution in [2.45, 2.75) is 43.2 Å². The summed E-state index contributed by atoms with van der Waals surface area (Å²) in [5.74, 6) is 0.865. The number of nitrogens with one attached hydrogen (secondary N) is 2. The Morgan fingerprint density at radius 2 is 1.79 bits per heavy atom. The number of hydrogen-bond acceptors (Lipinski definition) is 5. The average molecular weight is 344 g/mol. The van der Waals surface area contributed by atoms with Crippen LogP contribution in [-0.4, -0.2) is 24.6 Å². The van der Waals surface area contributed by atoms with E-state index in [1.165, 1.54) is 19.3 Å². The Morgan fingerprint density at radius 1 is 1.04 bits per heavy atom. The van der Waals surface area contributed by atoms with Gasteiger partial charge in [-0.25, -0.2) is 18.4 Å². The minimum Gasteiger partial charge on any atom is -0.368 e. The molecule has 7 heteroatoms. The first kappa shape index (κ1) is 15.5. The van der Waals surface area contributed by atoms with Gasteiger partial charge in [0, 0.05) is 18.0 Å². The van der Waals surface area contributed by atoms with Crippen LogP contribution < -0.4 is 10.0 Å². The topological polar surface area (TPSA) is 84.0 Å². The molecule has 0 amide bonds. The van der Waals surface area contributed by atoms with Crippen LogP contribution >= 0.6 is 0 Å². The van der Waals surface area contributed by atoms with E-state index in [0.717, 1.165) is 12.8 Å². The molecule has 1 fully saturated rings. The van der Waals surface area contributed by atoms with Crippen LogP contribution in [0.4, 0.5) is 5.69 Å². The number of aromatic nitrogens is 2. The third-order valence-electron chi connectivity index (χ3n) is 4.81. The first-order valence-corrected chi connectivity index (χ1v) is 9.82. The molecule has 0 radical (unpaired) electrons. The molecule has 0 saturated heterocycles. The summed E-state index contributed by atoms with van der Waals surface area (Å²) in [5.41, 5.74) is 1.35. The Labute approximate surface area is 141 Å². The summed E-state index contributed by atoms with van der Waals surface area (Å²) in [5, 5.41) is 3.37. The molecule has 24 heavy (non-hydrogen) atoms. The number of sulfonamides is 1. The fourth-order valence-electron chi connectivity index (χ4n) is 3.56. The zero-order valence-corrected chi connectivity index (χ0v) is 14.1. The van der Waals surface area contributed by atoms with Gasteiger partial charge in [-0.1, -0.05) is 19.3 Å². The van der Waals surface area contributed by atoms with Crippen LogP contribution in [-0.2, 0) is 10.0 Å². The van der Waals surface area contributed by atoms with Crippen molar-refractivity contribution in [1.82, 2.24) is 14.7 Å². The molecular formula is C17H20N4O2S. The lowest BCUT2D eigenvalue weighted by Gasteiger charge is -2.35. The van der Waals surface area contributed by atoms with Crippen LogP contribution in [0.1, 0.15) is 32.1 Å². The quantitative estimate of drug-likeness (QED) is 0.875. The van der Waals surface area contributed by atoms with Crippen LogP contribution in [0, 0.1) is 5.92 Å². The number of nitrogens with zero attached hydrogens (tertiary/aromatic N) is 2. The van der Waals surface area contributed by atoms with Gasteiger partial charge in [-0.15, -0.1) is 0 Å². The van der Waals surface area contributed by atoms with Gasteiger partial charge < -0.3 is 5.32 Å². The van der Waals surface area contributed by atoms with E-state index in [0.29, 0.717) is 23.0 Å². The molecule has 1 aromatic heterocycles. The van der Waals surface area contributed by atoms with Crippen molar-refractivity contribution < 1.29 is 8.42 Å². The maximum atomic E-state index is 12.7. The van der Waals surface area contributed by atoms with Crippen LogP contribution in [0.5, 0.6) is 0 Å². The maximum Gasteiger partial charge on any atom is 0.244 e.